The van der Waals surface area contributed by atoms with Gasteiger partial charge in [0.1, 0.15) is 0 Å². The van der Waals surface area contributed by atoms with Gasteiger partial charge in [0.25, 0.3) is 11.6 Å². The van der Waals surface area contributed by atoms with E-state index in [-0.39, 0.29) is 28.3 Å². The number of nitro benzene ring substituents is 1. The molecule has 0 radical (unpaired) electrons. The fourth-order valence-electron chi connectivity index (χ4n) is 2.11. The van der Waals surface area contributed by atoms with Gasteiger partial charge in [-0.2, -0.15) is 0 Å². The van der Waals surface area contributed by atoms with Crippen LogP contribution in [0.25, 0.3) is 0 Å². The van der Waals surface area contributed by atoms with Gasteiger partial charge in [0, 0.05) is 25.2 Å². The van der Waals surface area contributed by atoms with E-state index in [9.17, 15) is 14.9 Å². The van der Waals surface area contributed by atoms with Crippen molar-refractivity contribution in [3.8, 4) is 0 Å². The fourth-order valence-corrected chi connectivity index (χ4v) is 2.31. The molecule has 6 nitrogen and oxygen atoms in total. The molecule has 1 atom stereocenters. The third kappa shape index (κ3) is 3.08. The van der Waals surface area contributed by atoms with Crippen LogP contribution in [0.15, 0.2) is 18.2 Å². The molecule has 7 heteroatoms. The van der Waals surface area contributed by atoms with Crippen LogP contribution in [0, 0.1) is 10.1 Å². The average Bonchev–Trinajstić information content (AvgIpc) is 2.46. The van der Waals surface area contributed by atoms with Crippen LogP contribution in [0.5, 0.6) is 0 Å². The number of carbonyl (C=O) groups excluding carboxylic acids is 1. The van der Waals surface area contributed by atoms with Crippen LogP contribution in [0.3, 0.4) is 0 Å². The van der Waals surface area contributed by atoms with E-state index in [2.05, 4.69) is 0 Å². The van der Waals surface area contributed by atoms with E-state index in [0.717, 1.165) is 6.42 Å². The summed E-state index contributed by atoms with van der Waals surface area (Å²) in [5.74, 6) is -0.291. The second-order valence-corrected chi connectivity index (χ2v) is 4.98. The molecular weight excluding hydrogens is 284 g/mol. The van der Waals surface area contributed by atoms with Gasteiger partial charge in [-0.1, -0.05) is 18.5 Å². The lowest BCUT2D eigenvalue weighted by Gasteiger charge is -2.32. The highest BCUT2D eigenvalue weighted by Gasteiger charge is 2.26. The topological polar surface area (TPSA) is 72.7 Å². The standard InChI is InChI=1S/C13H15ClN2O4/c1-2-10-8-15(5-6-20-10)13(17)11-7-9(16(18)19)3-4-12(11)14/h3-4,7,10H,2,5-6,8H2,1H3. The second kappa shape index (κ2) is 6.19. The van der Waals surface area contributed by atoms with Crippen molar-refractivity contribution in [3.05, 3.63) is 38.9 Å². The number of hydrogen-bond donors (Lipinski definition) is 0. The lowest BCUT2D eigenvalue weighted by molar-refractivity contribution is -0.384. The molecule has 1 aliphatic rings. The zero-order chi connectivity index (χ0) is 14.7. The van der Waals surface area contributed by atoms with Gasteiger partial charge in [-0.05, 0) is 12.5 Å². The van der Waals surface area contributed by atoms with Crippen LogP contribution in [0.4, 0.5) is 5.69 Å². The number of halogens is 1. The molecule has 1 aliphatic heterocycles. The number of morpholine rings is 1. The number of carbonyl (C=O) groups is 1. The predicted octanol–water partition coefficient (Wildman–Crippen LogP) is 2.50. The Kier molecular flexibility index (Phi) is 4.57. The van der Waals surface area contributed by atoms with Crippen LogP contribution in [-0.4, -0.2) is 41.5 Å². The minimum absolute atomic E-state index is 0.00479. The van der Waals surface area contributed by atoms with Crippen LogP contribution in [-0.2, 0) is 4.74 Å². The van der Waals surface area contributed by atoms with Crippen LogP contribution in [0.2, 0.25) is 5.02 Å². The van der Waals surface area contributed by atoms with E-state index in [1.165, 1.54) is 18.2 Å². The highest BCUT2D eigenvalue weighted by molar-refractivity contribution is 6.33. The number of ether oxygens (including phenoxy) is 1. The summed E-state index contributed by atoms with van der Waals surface area (Å²) in [6, 6.07) is 3.89. The summed E-state index contributed by atoms with van der Waals surface area (Å²) in [4.78, 5) is 24.3. The first-order valence-electron chi connectivity index (χ1n) is 6.37. The van der Waals surface area contributed by atoms with Crippen molar-refractivity contribution >= 4 is 23.2 Å². The minimum atomic E-state index is -0.540. The minimum Gasteiger partial charge on any atom is -0.375 e. The largest absolute Gasteiger partial charge is 0.375 e. The zero-order valence-corrected chi connectivity index (χ0v) is 11.8. The van der Waals surface area contributed by atoms with E-state index in [4.69, 9.17) is 16.3 Å². The first kappa shape index (κ1) is 14.7. The molecule has 1 amide bonds. The van der Waals surface area contributed by atoms with Gasteiger partial charge in [0.15, 0.2) is 0 Å². The van der Waals surface area contributed by atoms with Crippen LogP contribution >= 0.6 is 11.6 Å². The van der Waals surface area contributed by atoms with Crippen molar-refractivity contribution in [3.63, 3.8) is 0 Å². The molecule has 2 rings (SSSR count). The molecule has 1 aromatic carbocycles. The third-order valence-corrected chi connectivity index (χ3v) is 3.60. The van der Waals surface area contributed by atoms with E-state index in [0.29, 0.717) is 19.7 Å². The number of rotatable bonds is 3. The number of non-ortho nitro benzene ring substituents is 1. The van der Waals surface area contributed by atoms with Crippen LogP contribution in [0.1, 0.15) is 23.7 Å². The summed E-state index contributed by atoms with van der Waals surface area (Å²) in [6.45, 7) is 3.40. The number of nitro groups is 1. The Balaban J connectivity index is 2.24. The molecule has 0 bridgehead atoms. The van der Waals surface area contributed by atoms with Crippen molar-refractivity contribution in [1.82, 2.24) is 4.90 Å². The van der Waals surface area contributed by atoms with Gasteiger partial charge in [0.2, 0.25) is 0 Å². The molecule has 108 valence electrons. The second-order valence-electron chi connectivity index (χ2n) is 4.57. The predicted molar refractivity (Wildman–Crippen MR) is 74.0 cm³/mol. The van der Waals surface area contributed by atoms with Gasteiger partial charge in [-0.25, -0.2) is 0 Å². The van der Waals surface area contributed by atoms with Crippen molar-refractivity contribution in [2.24, 2.45) is 0 Å². The molecule has 20 heavy (non-hydrogen) atoms. The summed E-state index contributed by atoms with van der Waals surface area (Å²) in [7, 11) is 0. The number of amides is 1. The Morgan fingerprint density at radius 1 is 1.60 bits per heavy atom. The molecule has 0 aliphatic carbocycles. The Morgan fingerprint density at radius 3 is 3.00 bits per heavy atom. The van der Waals surface area contributed by atoms with Crippen molar-refractivity contribution in [2.45, 2.75) is 19.4 Å². The van der Waals surface area contributed by atoms with Gasteiger partial charge < -0.3 is 9.64 Å². The highest BCUT2D eigenvalue weighted by atomic mass is 35.5. The van der Waals surface area contributed by atoms with Crippen molar-refractivity contribution in [2.75, 3.05) is 19.7 Å². The van der Waals surface area contributed by atoms with Gasteiger partial charge in [0.05, 0.1) is 28.2 Å². The molecule has 0 saturated carbocycles. The Bertz CT molecular complexity index is 535. The summed E-state index contributed by atoms with van der Waals surface area (Å²) in [5, 5.41) is 11.0. The average molecular weight is 299 g/mol. The lowest BCUT2D eigenvalue weighted by atomic mass is 10.1. The molecular formula is C13H15ClN2O4. The maximum absolute atomic E-state index is 12.4. The number of benzene rings is 1. The number of hydrogen-bond acceptors (Lipinski definition) is 4. The molecule has 1 heterocycles. The van der Waals surface area contributed by atoms with Crippen molar-refractivity contribution in [1.29, 1.82) is 0 Å². The third-order valence-electron chi connectivity index (χ3n) is 3.27. The summed E-state index contributed by atoms with van der Waals surface area (Å²) >= 11 is 5.98. The highest BCUT2D eigenvalue weighted by Crippen LogP contribution is 2.24. The van der Waals surface area contributed by atoms with Gasteiger partial charge >= 0.3 is 0 Å². The Morgan fingerprint density at radius 2 is 2.35 bits per heavy atom. The summed E-state index contributed by atoms with van der Waals surface area (Å²) in [5.41, 5.74) is 0.0238. The molecule has 1 fully saturated rings. The fraction of sp³-hybridized carbons (Fsp3) is 0.462. The Labute approximate surface area is 121 Å². The summed E-state index contributed by atoms with van der Waals surface area (Å²) in [6.07, 6.45) is 0.817. The van der Waals surface area contributed by atoms with Crippen LogP contribution < -0.4 is 0 Å². The molecule has 1 aromatic rings. The first-order chi connectivity index (χ1) is 9.52. The molecule has 0 N–H and O–H groups in total. The van der Waals surface area contributed by atoms with Crippen molar-refractivity contribution < 1.29 is 14.5 Å². The van der Waals surface area contributed by atoms with E-state index >= 15 is 0 Å². The zero-order valence-electron chi connectivity index (χ0n) is 11.0. The maximum Gasteiger partial charge on any atom is 0.270 e. The summed E-state index contributed by atoms with van der Waals surface area (Å²) < 4.78 is 5.50. The lowest BCUT2D eigenvalue weighted by Crippen LogP contribution is -2.45. The molecule has 0 spiro atoms. The first-order valence-corrected chi connectivity index (χ1v) is 6.75. The Hall–Kier alpha value is -1.66. The smallest absolute Gasteiger partial charge is 0.270 e. The maximum atomic E-state index is 12.4. The normalized spacial score (nSPS) is 18.9. The molecule has 1 unspecified atom stereocenters. The van der Waals surface area contributed by atoms with Gasteiger partial charge in [-0.3, -0.25) is 14.9 Å². The van der Waals surface area contributed by atoms with E-state index < -0.39 is 4.92 Å². The SMILES string of the molecule is CCC1CN(C(=O)c2cc([N+](=O)[O-])ccc2Cl)CCO1. The van der Waals surface area contributed by atoms with E-state index in [1.54, 1.807) is 4.90 Å². The monoisotopic (exact) mass is 298 g/mol. The molecule has 0 aromatic heterocycles. The quantitative estimate of drug-likeness (QED) is 0.635. The van der Waals surface area contributed by atoms with Gasteiger partial charge in [-0.15, -0.1) is 0 Å². The molecule has 1 saturated heterocycles. The number of nitrogens with zero attached hydrogens (tertiary/aromatic N) is 2. The van der Waals surface area contributed by atoms with E-state index in [1.807, 2.05) is 6.92 Å².